The summed E-state index contributed by atoms with van der Waals surface area (Å²) in [7, 11) is 0. The van der Waals surface area contributed by atoms with E-state index < -0.39 is 0 Å². The third-order valence-electron chi connectivity index (χ3n) is 4.86. The van der Waals surface area contributed by atoms with E-state index in [1.165, 1.54) is 4.57 Å². The molecule has 3 heterocycles. The van der Waals surface area contributed by atoms with Gasteiger partial charge in [-0.2, -0.15) is 0 Å². The predicted molar refractivity (Wildman–Crippen MR) is 73.1 cm³/mol. The van der Waals surface area contributed by atoms with Gasteiger partial charge in [0, 0.05) is 0 Å². The number of hydrogen-bond donors (Lipinski definition) is 0. The second-order valence-corrected chi connectivity index (χ2v) is 5.85. The van der Waals surface area contributed by atoms with Crippen molar-refractivity contribution in [3.63, 3.8) is 0 Å². The highest BCUT2D eigenvalue weighted by Crippen LogP contribution is 2.58. The molecule has 4 atom stereocenters. The van der Waals surface area contributed by atoms with Crippen LogP contribution >= 0.6 is 0 Å². The summed E-state index contributed by atoms with van der Waals surface area (Å²) in [5.41, 5.74) is 0.210. The van der Waals surface area contributed by atoms with Gasteiger partial charge in [-0.3, -0.25) is 0 Å². The zero-order chi connectivity index (χ0) is 13.4. The quantitative estimate of drug-likeness (QED) is 0.727. The van der Waals surface area contributed by atoms with E-state index in [-0.39, 0.29) is 23.5 Å². The number of benzene rings is 1. The maximum absolute atomic E-state index is 12.7. The van der Waals surface area contributed by atoms with E-state index in [1.54, 1.807) is 21.5 Å². The minimum absolute atomic E-state index is 0.0650. The molecule has 5 heteroatoms. The van der Waals surface area contributed by atoms with Crippen LogP contribution in [-0.2, 0) is 0 Å². The third kappa shape index (κ3) is 1.06. The zero-order valence-corrected chi connectivity index (χ0v) is 10.7. The number of allylic oxidation sites excluding steroid dienone is 2. The second kappa shape index (κ2) is 3.23. The smallest absolute Gasteiger partial charge is 0.245 e. The van der Waals surface area contributed by atoms with E-state index in [0.29, 0.717) is 17.5 Å². The predicted octanol–water partition coefficient (Wildman–Crippen LogP) is 1.10. The lowest BCUT2D eigenvalue weighted by atomic mass is 9.96. The molecule has 0 saturated heterocycles. The molecule has 20 heavy (non-hydrogen) atoms. The van der Waals surface area contributed by atoms with Gasteiger partial charge in [0.15, 0.2) is 0 Å². The van der Waals surface area contributed by atoms with E-state index >= 15 is 0 Å². The molecule has 2 aromatic rings. The van der Waals surface area contributed by atoms with Crippen molar-refractivity contribution in [2.45, 2.75) is 18.5 Å². The fraction of sp³-hybridized carbons (Fsp3) is 0.333. The van der Waals surface area contributed by atoms with E-state index in [4.69, 9.17) is 0 Å². The summed E-state index contributed by atoms with van der Waals surface area (Å²) in [5.74, 6) is 1.10. The average molecular weight is 267 g/mol. The van der Waals surface area contributed by atoms with Gasteiger partial charge in [-0.25, -0.2) is 23.5 Å². The molecule has 1 fully saturated rings. The molecule has 100 valence electrons. The van der Waals surface area contributed by atoms with Crippen molar-refractivity contribution < 1.29 is 0 Å². The molecule has 0 amide bonds. The van der Waals surface area contributed by atoms with Crippen LogP contribution in [0.3, 0.4) is 0 Å². The maximum atomic E-state index is 12.7. The maximum Gasteiger partial charge on any atom is 0.352 e. The van der Waals surface area contributed by atoms with Crippen LogP contribution in [0.15, 0.2) is 52.1 Å². The average Bonchev–Trinajstić information content (AvgIpc) is 3.25. The van der Waals surface area contributed by atoms with E-state index in [0.717, 1.165) is 6.42 Å². The highest BCUT2D eigenvalue weighted by atomic mass is 16.2. The summed E-state index contributed by atoms with van der Waals surface area (Å²) < 4.78 is 4.61. The van der Waals surface area contributed by atoms with E-state index in [9.17, 15) is 9.59 Å². The SMILES string of the molecule is O=c1n(-c2ccccc2)c(=O)n2n1C1C=CC2C2CC21. The molecule has 4 aliphatic rings. The Hall–Kier alpha value is -2.30. The van der Waals surface area contributed by atoms with Crippen molar-refractivity contribution in [2.75, 3.05) is 0 Å². The van der Waals surface area contributed by atoms with Gasteiger partial charge in [0.25, 0.3) is 0 Å². The lowest BCUT2D eigenvalue weighted by molar-refractivity contribution is 0.243. The Kier molecular flexibility index (Phi) is 1.69. The topological polar surface area (TPSA) is 48.9 Å². The first kappa shape index (κ1) is 10.5. The van der Waals surface area contributed by atoms with Gasteiger partial charge in [-0.15, -0.1) is 0 Å². The number of aromatic nitrogens is 3. The van der Waals surface area contributed by atoms with Crippen LogP contribution in [0.2, 0.25) is 0 Å². The molecule has 5 nitrogen and oxygen atoms in total. The summed E-state index contributed by atoms with van der Waals surface area (Å²) >= 11 is 0. The van der Waals surface area contributed by atoms with Gasteiger partial charge in [0.05, 0.1) is 17.8 Å². The highest BCUT2D eigenvalue weighted by Gasteiger charge is 2.56. The van der Waals surface area contributed by atoms with Crippen molar-refractivity contribution in [1.29, 1.82) is 0 Å². The minimum atomic E-state index is -0.217. The molecule has 6 rings (SSSR count). The summed E-state index contributed by atoms with van der Waals surface area (Å²) in [5, 5.41) is 0. The Morgan fingerprint density at radius 3 is 1.95 bits per heavy atom. The van der Waals surface area contributed by atoms with Crippen molar-refractivity contribution in [3.05, 3.63) is 63.5 Å². The third-order valence-corrected chi connectivity index (χ3v) is 4.86. The molecule has 0 radical (unpaired) electrons. The van der Waals surface area contributed by atoms with Gasteiger partial charge >= 0.3 is 11.4 Å². The summed E-state index contributed by atoms with van der Waals surface area (Å²) in [6.07, 6.45) is 5.31. The number of hydrogen-bond acceptors (Lipinski definition) is 2. The number of rotatable bonds is 1. The first-order valence-electron chi connectivity index (χ1n) is 6.97. The molecule has 0 N–H and O–H groups in total. The Morgan fingerprint density at radius 2 is 1.40 bits per heavy atom. The van der Waals surface area contributed by atoms with Crippen LogP contribution in [0.4, 0.5) is 0 Å². The Bertz CT molecular complexity index is 806. The van der Waals surface area contributed by atoms with Crippen molar-refractivity contribution in [3.8, 4) is 5.69 Å². The van der Waals surface area contributed by atoms with E-state index in [2.05, 4.69) is 12.2 Å². The first-order valence-corrected chi connectivity index (χ1v) is 6.97. The van der Waals surface area contributed by atoms with Crippen LogP contribution in [-0.4, -0.2) is 13.9 Å². The molecule has 1 aromatic carbocycles. The second-order valence-electron chi connectivity index (χ2n) is 5.85. The molecule has 0 spiro atoms. The van der Waals surface area contributed by atoms with Gasteiger partial charge in [-0.05, 0) is 30.4 Å². The number of para-hydroxylation sites is 1. The van der Waals surface area contributed by atoms with Crippen LogP contribution in [0.5, 0.6) is 0 Å². The normalized spacial score (nSPS) is 32.0. The van der Waals surface area contributed by atoms with Crippen LogP contribution in [0.1, 0.15) is 18.5 Å². The summed E-state index contributed by atoms with van der Waals surface area (Å²) in [4.78, 5) is 25.3. The highest BCUT2D eigenvalue weighted by molar-refractivity contribution is 5.31. The number of nitrogens with zero attached hydrogens (tertiary/aromatic N) is 3. The van der Waals surface area contributed by atoms with Crippen molar-refractivity contribution in [2.24, 2.45) is 11.8 Å². The standard InChI is InChI=1S/C15H13N3O2/c19-14-16(9-4-2-1-3-5-9)15(20)18-13-7-6-12(17(14)18)10-8-11(10)13/h1-7,10-13H,8H2. The first-order chi connectivity index (χ1) is 9.77. The van der Waals surface area contributed by atoms with Crippen LogP contribution in [0.25, 0.3) is 5.69 Å². The zero-order valence-electron chi connectivity index (χ0n) is 10.7. The monoisotopic (exact) mass is 267 g/mol. The molecule has 2 aliphatic heterocycles. The van der Waals surface area contributed by atoms with Crippen LogP contribution in [0, 0.1) is 11.8 Å². The molecule has 2 bridgehead atoms. The van der Waals surface area contributed by atoms with Gasteiger partial charge in [0.2, 0.25) is 0 Å². The Balaban J connectivity index is 1.84. The lowest BCUT2D eigenvalue weighted by Gasteiger charge is -2.32. The summed E-state index contributed by atoms with van der Waals surface area (Å²) in [6, 6.07) is 9.28. The van der Waals surface area contributed by atoms with Crippen LogP contribution < -0.4 is 11.4 Å². The summed E-state index contributed by atoms with van der Waals surface area (Å²) in [6.45, 7) is 0. The minimum Gasteiger partial charge on any atom is -0.245 e. The fourth-order valence-electron chi connectivity index (χ4n) is 3.87. The Labute approximate surface area is 114 Å². The van der Waals surface area contributed by atoms with Crippen molar-refractivity contribution >= 4 is 0 Å². The van der Waals surface area contributed by atoms with Gasteiger partial charge in [-0.1, -0.05) is 30.4 Å². The molecular formula is C15H13N3O2. The van der Waals surface area contributed by atoms with Gasteiger partial charge < -0.3 is 0 Å². The molecule has 2 aliphatic carbocycles. The fourth-order valence-corrected chi connectivity index (χ4v) is 3.87. The molecule has 1 saturated carbocycles. The largest absolute Gasteiger partial charge is 0.352 e. The molecule has 4 unspecified atom stereocenters. The lowest BCUT2D eigenvalue weighted by Crippen LogP contribution is -2.40. The van der Waals surface area contributed by atoms with E-state index in [1.807, 2.05) is 18.2 Å². The van der Waals surface area contributed by atoms with Gasteiger partial charge in [0.1, 0.15) is 0 Å². The molecular weight excluding hydrogens is 254 g/mol. The van der Waals surface area contributed by atoms with Crippen molar-refractivity contribution in [1.82, 2.24) is 13.9 Å². The molecule has 1 aromatic heterocycles. The Morgan fingerprint density at radius 1 is 0.850 bits per heavy atom.